The number of hydrogen-bond donors (Lipinski definition) is 1. The van der Waals surface area contributed by atoms with Gasteiger partial charge in [-0.3, -0.25) is 4.90 Å². The van der Waals surface area contributed by atoms with Crippen molar-refractivity contribution in [2.75, 3.05) is 7.05 Å². The number of hydrogen-bond acceptors (Lipinski definition) is 2. The Kier molecular flexibility index (Phi) is 3.50. The fourth-order valence-corrected chi connectivity index (χ4v) is 16.8. The van der Waals surface area contributed by atoms with Crippen molar-refractivity contribution in [3.05, 3.63) is 98.1 Å². The maximum Gasteiger partial charge on any atom is 0.546 e. The van der Waals surface area contributed by atoms with Gasteiger partial charge in [0, 0.05) is 18.4 Å². The largest absolute Gasteiger partial charge is 0.546 e. The van der Waals surface area contributed by atoms with Gasteiger partial charge in [0.25, 0.3) is 0 Å². The molecule has 0 saturated heterocycles. The molecule has 6 aliphatic rings. The third-order valence-corrected chi connectivity index (χ3v) is 18.1. The molecule has 0 fully saturated rings. The molecule has 0 aromatic heterocycles. The predicted octanol–water partition coefficient (Wildman–Crippen LogP) is 12.1. The Hall–Kier alpha value is -4.92. The fourth-order valence-electron chi connectivity index (χ4n) is 16.3. The van der Waals surface area contributed by atoms with E-state index >= 15 is 0 Å². The lowest BCUT2D eigenvalue weighted by molar-refractivity contribution is 0.302. The van der Waals surface area contributed by atoms with E-state index in [1.807, 2.05) is 12.1 Å². The summed E-state index contributed by atoms with van der Waals surface area (Å²) in [7, 11) is -0.0503. The molecule has 0 saturated carbocycles. The van der Waals surface area contributed by atoms with Gasteiger partial charge in [0.15, 0.2) is 0 Å². The van der Waals surface area contributed by atoms with Crippen LogP contribution in [-0.4, -0.2) is 16.8 Å². The van der Waals surface area contributed by atoms with E-state index in [1.165, 1.54) is 52.8 Å². The lowest BCUT2D eigenvalue weighted by Crippen LogP contribution is -2.21. The first-order valence-electron chi connectivity index (χ1n) is 20.3. The second kappa shape index (κ2) is 7.27. The van der Waals surface area contributed by atoms with E-state index in [1.54, 1.807) is 131 Å². The van der Waals surface area contributed by atoms with Gasteiger partial charge in [0.05, 0.1) is 6.04 Å². The molecular weight excluding hydrogens is 678 g/mol. The van der Waals surface area contributed by atoms with Gasteiger partial charge in [-0.15, -0.1) is 0 Å². The van der Waals surface area contributed by atoms with Crippen molar-refractivity contribution < 1.29 is 9.46 Å². The molecule has 18 rings (SSSR count). The van der Waals surface area contributed by atoms with Crippen molar-refractivity contribution in [3.63, 3.8) is 0 Å². The second-order valence-corrected chi connectivity index (χ2v) is 19.9. The van der Waals surface area contributed by atoms with Crippen molar-refractivity contribution in [2.24, 2.45) is 0 Å². The van der Waals surface area contributed by atoms with E-state index in [2.05, 4.69) is 49.2 Å². The van der Waals surface area contributed by atoms with Crippen LogP contribution in [-0.2, 0) is 11.1 Å². The molecule has 54 heavy (non-hydrogen) atoms. The first-order valence-corrected chi connectivity index (χ1v) is 21.5. The van der Waals surface area contributed by atoms with E-state index in [-0.39, 0.29) is 6.04 Å². The summed E-state index contributed by atoms with van der Waals surface area (Å²) in [4.78, 5) is 12.7. The third-order valence-electron chi connectivity index (χ3n) is 17.4. The molecule has 12 aromatic carbocycles. The average Bonchev–Trinajstić information content (AvgIpc) is 4.02. The maximum atomic E-state index is 12.2. The molecule has 1 aliphatic heterocycles. The smallest absolute Gasteiger partial charge is 0.291 e. The Morgan fingerprint density at radius 1 is 0.537 bits per heavy atom. The molecule has 6 atom stereocenters. The van der Waals surface area contributed by atoms with Crippen LogP contribution in [0.4, 0.5) is 0 Å². The molecule has 1 N–H and O–H groups in total. The average molecular weight is 707 g/mol. The van der Waals surface area contributed by atoms with E-state index in [0.29, 0.717) is 29.0 Å². The fraction of sp³-hybridized carbons (Fsp3) is 0.240. The first-order chi connectivity index (χ1) is 26.5. The van der Waals surface area contributed by atoms with Crippen LogP contribution in [0, 0.1) is 6.92 Å². The van der Waals surface area contributed by atoms with Crippen molar-refractivity contribution in [1.82, 2.24) is 4.90 Å². The zero-order chi connectivity index (χ0) is 34.4. The lowest BCUT2D eigenvalue weighted by atomic mass is 9.69. The number of aryl methyl sites for hydroxylation is 1. The minimum atomic E-state index is -2.38. The SMILES string of the molecule is Cc1cc([P+](=O)O)ccc1C1c2c(c3c4ccc5c6ccc7c8c9c%10c%11c%12c%13c%14c%15c(c2C%14CCC%13C%11CCC7%10)c3c2c4c5c(c68)c3c9c%12c%15c23)CN1C. The highest BCUT2D eigenvalue weighted by Gasteiger charge is 2.53. The topological polar surface area (TPSA) is 40.5 Å². The van der Waals surface area contributed by atoms with E-state index in [0.717, 1.165) is 12.1 Å². The number of benzene rings is 9. The van der Waals surface area contributed by atoms with Gasteiger partial charge in [-0.2, -0.15) is 4.89 Å². The molecule has 1 heterocycles. The van der Waals surface area contributed by atoms with Crippen LogP contribution in [0.1, 0.15) is 111 Å². The molecule has 0 bridgehead atoms. The summed E-state index contributed by atoms with van der Waals surface area (Å²) in [6, 6.07) is 16.3. The summed E-state index contributed by atoms with van der Waals surface area (Å²) in [6.07, 6.45) is 5.15. The number of fused-ring (bicyclic) bond motifs is 8. The summed E-state index contributed by atoms with van der Waals surface area (Å²) in [5.41, 5.74) is 15.9. The Morgan fingerprint density at radius 2 is 1.07 bits per heavy atom. The summed E-state index contributed by atoms with van der Waals surface area (Å²) in [6.45, 7) is 3.08. The van der Waals surface area contributed by atoms with E-state index in [9.17, 15) is 9.46 Å². The van der Waals surface area contributed by atoms with Crippen LogP contribution in [0.25, 0.3) is 108 Å². The highest BCUT2D eigenvalue weighted by atomic mass is 31.1. The lowest BCUT2D eigenvalue weighted by Gasteiger charge is -2.34. The van der Waals surface area contributed by atoms with Crippen molar-refractivity contribution in [3.8, 4) is 0 Å². The van der Waals surface area contributed by atoms with Crippen molar-refractivity contribution in [2.45, 2.75) is 68.9 Å². The van der Waals surface area contributed by atoms with E-state index < -0.39 is 8.03 Å². The van der Waals surface area contributed by atoms with Gasteiger partial charge >= 0.3 is 8.03 Å². The second-order valence-electron chi connectivity index (χ2n) is 18.8. The first kappa shape index (κ1) is 26.0. The van der Waals surface area contributed by atoms with Crippen LogP contribution < -0.4 is 5.30 Å². The van der Waals surface area contributed by atoms with Crippen LogP contribution in [0.15, 0.2) is 42.5 Å². The molecule has 3 nitrogen and oxygen atoms in total. The van der Waals surface area contributed by atoms with E-state index in [4.69, 9.17) is 0 Å². The normalized spacial score (nSPS) is 25.5. The highest BCUT2D eigenvalue weighted by molar-refractivity contribution is 7.47. The predicted molar refractivity (Wildman–Crippen MR) is 221 cm³/mol. The molecule has 0 radical (unpaired) electrons. The molecular formula is C50H29NO2P+. The van der Waals surface area contributed by atoms with Crippen LogP contribution >= 0.6 is 8.03 Å². The number of rotatable bonds is 2. The van der Waals surface area contributed by atoms with Crippen LogP contribution in [0.5, 0.6) is 0 Å². The molecule has 250 valence electrons. The minimum absolute atomic E-state index is 0.113. The third kappa shape index (κ3) is 2.06. The van der Waals surface area contributed by atoms with Gasteiger partial charge < -0.3 is 0 Å². The zero-order valence-corrected chi connectivity index (χ0v) is 30.6. The summed E-state index contributed by atoms with van der Waals surface area (Å²) in [5, 5.41) is 32.3. The molecule has 6 unspecified atom stereocenters. The van der Waals surface area contributed by atoms with Gasteiger partial charge in [0.2, 0.25) is 5.30 Å². The molecule has 4 heteroatoms. The zero-order valence-electron chi connectivity index (χ0n) is 29.7. The summed E-state index contributed by atoms with van der Waals surface area (Å²) >= 11 is 0. The monoisotopic (exact) mass is 706 g/mol. The van der Waals surface area contributed by atoms with Gasteiger partial charge in [-0.25, -0.2) is 0 Å². The summed E-state index contributed by atoms with van der Waals surface area (Å²) in [5.74, 6) is 2.28. The van der Waals surface area contributed by atoms with Crippen LogP contribution in [0.2, 0.25) is 0 Å². The van der Waals surface area contributed by atoms with Gasteiger partial charge in [-0.1, -0.05) is 30.3 Å². The summed E-state index contributed by atoms with van der Waals surface area (Å²) < 4.78 is 12.2. The Balaban J connectivity index is 1.18. The standard InChI is InChI=1S/C50H28NO2P/c1-15-13-16(54(52)53)3-4-17(15)50-37-26(14-51(50)2)27-24-11-9-22-20-7-5-18-19-6-8-21-23-10-12-25-35-33(23)41-31(21)29(19)39-28(18)30(20)40-32(22)34(24)42-38(27)44(36(25)37)43(35)49-47(41)45(39)46(40)48(42)49/h3-5,7,9,11,13,19,21,23,25,50H,6,8,10,12,14H2,1-2H3/p+1. The molecule has 5 aliphatic carbocycles. The van der Waals surface area contributed by atoms with Crippen molar-refractivity contribution >= 4 is 121 Å². The quantitative estimate of drug-likeness (QED) is 0.144. The molecule has 12 aromatic rings. The van der Waals surface area contributed by atoms with Gasteiger partial charge in [-0.05, 0) is 232 Å². The minimum Gasteiger partial charge on any atom is -0.291 e. The highest BCUT2D eigenvalue weighted by Crippen LogP contribution is 2.74. The van der Waals surface area contributed by atoms with Crippen molar-refractivity contribution in [1.29, 1.82) is 0 Å². The van der Waals surface area contributed by atoms with Gasteiger partial charge in [0.1, 0.15) is 0 Å². The Bertz CT molecular complexity index is 3910. The van der Waals surface area contributed by atoms with Crippen LogP contribution in [0.3, 0.4) is 0 Å². The number of nitrogens with zero attached hydrogens (tertiary/aromatic N) is 1. The molecule has 0 amide bonds. The Morgan fingerprint density at radius 3 is 1.83 bits per heavy atom. The Labute approximate surface area is 308 Å². The maximum absolute atomic E-state index is 12.2. The molecule has 0 spiro atoms.